The number of ether oxygens (including phenoxy) is 1. The van der Waals surface area contributed by atoms with Crippen molar-refractivity contribution in [1.29, 1.82) is 0 Å². The van der Waals surface area contributed by atoms with Crippen LogP contribution in [0.4, 0.5) is 8.78 Å². The van der Waals surface area contributed by atoms with E-state index in [-0.39, 0.29) is 12.4 Å². The topological polar surface area (TPSA) is 29.5 Å². The first kappa shape index (κ1) is 10.9. The summed E-state index contributed by atoms with van der Waals surface area (Å²) >= 11 is 0. The van der Waals surface area contributed by atoms with Crippen LogP contribution >= 0.6 is 0 Å². The molecular formula is C10H12F2O2. The lowest BCUT2D eigenvalue weighted by molar-refractivity contribution is -0.0505. The second kappa shape index (κ2) is 4.91. The molecule has 0 saturated carbocycles. The van der Waals surface area contributed by atoms with Crippen molar-refractivity contribution >= 4 is 0 Å². The molecule has 0 radical (unpaired) electrons. The Balaban J connectivity index is 3.02. The molecule has 1 aromatic carbocycles. The van der Waals surface area contributed by atoms with Gasteiger partial charge in [0.15, 0.2) is 0 Å². The number of aliphatic hydroxyl groups excluding tert-OH is 1. The van der Waals surface area contributed by atoms with Gasteiger partial charge in [0.25, 0.3) is 0 Å². The lowest BCUT2D eigenvalue weighted by atomic mass is 10.0. The highest BCUT2D eigenvalue weighted by Crippen LogP contribution is 2.24. The lowest BCUT2D eigenvalue weighted by Crippen LogP contribution is -2.05. The van der Waals surface area contributed by atoms with Crippen LogP contribution in [0.1, 0.15) is 18.1 Å². The van der Waals surface area contributed by atoms with Crippen LogP contribution in [0.3, 0.4) is 0 Å². The van der Waals surface area contributed by atoms with Gasteiger partial charge in [-0.2, -0.15) is 8.78 Å². The Morgan fingerprint density at radius 3 is 2.64 bits per heavy atom. The molecule has 0 aliphatic carbocycles. The Morgan fingerprint density at radius 1 is 1.43 bits per heavy atom. The largest absolute Gasteiger partial charge is 0.435 e. The van der Waals surface area contributed by atoms with E-state index in [4.69, 9.17) is 5.11 Å². The maximum Gasteiger partial charge on any atom is 0.387 e. The molecule has 14 heavy (non-hydrogen) atoms. The standard InChI is InChI=1S/C10H12F2O2/c1-2-8-7(6-13)4-3-5-9(8)14-10(11)12/h3-5,10,13H,2,6H2,1H3. The van der Waals surface area contributed by atoms with Crippen LogP contribution in [0, 0.1) is 0 Å². The Hall–Kier alpha value is -1.16. The fraction of sp³-hybridized carbons (Fsp3) is 0.400. The Bertz CT molecular complexity index is 300. The van der Waals surface area contributed by atoms with Crippen LogP contribution in [0.5, 0.6) is 5.75 Å². The van der Waals surface area contributed by atoms with Crippen LogP contribution in [-0.4, -0.2) is 11.7 Å². The molecule has 0 unspecified atom stereocenters. The molecule has 1 rings (SSSR count). The Labute approximate surface area is 81.1 Å². The van der Waals surface area contributed by atoms with Gasteiger partial charge in [-0.25, -0.2) is 0 Å². The predicted molar refractivity (Wildman–Crippen MR) is 48.4 cm³/mol. The molecule has 0 heterocycles. The van der Waals surface area contributed by atoms with Crippen molar-refractivity contribution in [3.05, 3.63) is 29.3 Å². The lowest BCUT2D eigenvalue weighted by Gasteiger charge is -2.12. The minimum atomic E-state index is -2.82. The summed E-state index contributed by atoms with van der Waals surface area (Å²) in [6.07, 6.45) is 0.554. The monoisotopic (exact) mass is 202 g/mol. The first-order valence-corrected chi connectivity index (χ1v) is 4.35. The van der Waals surface area contributed by atoms with Crippen molar-refractivity contribution in [2.75, 3.05) is 0 Å². The van der Waals surface area contributed by atoms with Gasteiger partial charge >= 0.3 is 6.61 Å². The molecule has 0 fully saturated rings. The Kier molecular flexibility index (Phi) is 3.83. The van der Waals surface area contributed by atoms with Crippen molar-refractivity contribution in [2.24, 2.45) is 0 Å². The molecule has 0 aromatic heterocycles. The summed E-state index contributed by atoms with van der Waals surface area (Å²) in [6.45, 7) is -1.16. The van der Waals surface area contributed by atoms with Gasteiger partial charge in [0, 0.05) is 0 Å². The third-order valence-corrected chi connectivity index (χ3v) is 1.97. The van der Waals surface area contributed by atoms with E-state index < -0.39 is 6.61 Å². The van der Waals surface area contributed by atoms with Crippen LogP contribution in [0.25, 0.3) is 0 Å². The molecule has 0 bridgehead atoms. The summed E-state index contributed by atoms with van der Waals surface area (Å²) in [4.78, 5) is 0. The summed E-state index contributed by atoms with van der Waals surface area (Å²) in [7, 11) is 0. The summed E-state index contributed by atoms with van der Waals surface area (Å²) in [5.41, 5.74) is 1.26. The molecule has 1 N–H and O–H groups in total. The van der Waals surface area contributed by atoms with E-state index in [2.05, 4.69) is 4.74 Å². The number of alkyl halides is 2. The van der Waals surface area contributed by atoms with Crippen molar-refractivity contribution in [1.82, 2.24) is 0 Å². The molecule has 0 aliphatic heterocycles. The van der Waals surface area contributed by atoms with E-state index in [1.807, 2.05) is 6.92 Å². The van der Waals surface area contributed by atoms with Crippen molar-refractivity contribution in [3.63, 3.8) is 0 Å². The van der Waals surface area contributed by atoms with Crippen LogP contribution in [-0.2, 0) is 13.0 Å². The minimum absolute atomic E-state index is 0.147. The van der Waals surface area contributed by atoms with Crippen molar-refractivity contribution in [2.45, 2.75) is 26.6 Å². The molecule has 0 spiro atoms. The molecule has 1 aromatic rings. The van der Waals surface area contributed by atoms with Crippen molar-refractivity contribution in [3.8, 4) is 5.75 Å². The predicted octanol–water partition coefficient (Wildman–Crippen LogP) is 2.34. The van der Waals surface area contributed by atoms with Crippen LogP contribution in [0.15, 0.2) is 18.2 Å². The normalized spacial score (nSPS) is 10.6. The second-order valence-electron chi connectivity index (χ2n) is 2.78. The molecule has 2 nitrogen and oxygen atoms in total. The molecular weight excluding hydrogens is 190 g/mol. The highest BCUT2D eigenvalue weighted by molar-refractivity contribution is 5.40. The van der Waals surface area contributed by atoms with Gasteiger partial charge in [-0.1, -0.05) is 19.1 Å². The number of rotatable bonds is 4. The quantitative estimate of drug-likeness (QED) is 0.812. The maximum absolute atomic E-state index is 12.0. The van der Waals surface area contributed by atoms with Crippen LogP contribution < -0.4 is 4.74 Å². The molecule has 78 valence electrons. The molecule has 0 saturated heterocycles. The summed E-state index contributed by atoms with van der Waals surface area (Å²) < 4.78 is 28.3. The second-order valence-corrected chi connectivity index (χ2v) is 2.78. The van der Waals surface area contributed by atoms with E-state index in [0.29, 0.717) is 17.5 Å². The summed E-state index contributed by atoms with van der Waals surface area (Å²) in [5.74, 6) is 0.147. The van der Waals surface area contributed by atoms with Gasteiger partial charge in [-0.15, -0.1) is 0 Å². The molecule has 0 amide bonds. The average Bonchev–Trinajstić information content (AvgIpc) is 2.16. The smallest absolute Gasteiger partial charge is 0.387 e. The van der Waals surface area contributed by atoms with Gasteiger partial charge in [0.1, 0.15) is 5.75 Å². The molecule has 0 atom stereocenters. The van der Waals surface area contributed by atoms with Crippen molar-refractivity contribution < 1.29 is 18.6 Å². The maximum atomic E-state index is 12.0. The van der Waals surface area contributed by atoms with Crippen LogP contribution in [0.2, 0.25) is 0 Å². The van der Waals surface area contributed by atoms with Gasteiger partial charge in [-0.05, 0) is 23.6 Å². The van der Waals surface area contributed by atoms with Gasteiger partial charge in [-0.3, -0.25) is 0 Å². The highest BCUT2D eigenvalue weighted by Gasteiger charge is 2.10. The number of aliphatic hydroxyl groups is 1. The third-order valence-electron chi connectivity index (χ3n) is 1.97. The third kappa shape index (κ3) is 2.42. The first-order valence-electron chi connectivity index (χ1n) is 4.35. The van der Waals surface area contributed by atoms with E-state index >= 15 is 0 Å². The fourth-order valence-corrected chi connectivity index (χ4v) is 1.37. The van der Waals surface area contributed by atoms with Gasteiger partial charge < -0.3 is 9.84 Å². The zero-order chi connectivity index (χ0) is 10.6. The molecule has 0 aliphatic rings. The number of halogens is 2. The molecule has 4 heteroatoms. The summed E-state index contributed by atoms with van der Waals surface area (Å²) in [6, 6.07) is 4.75. The zero-order valence-electron chi connectivity index (χ0n) is 7.84. The van der Waals surface area contributed by atoms with E-state index in [1.165, 1.54) is 6.07 Å². The minimum Gasteiger partial charge on any atom is -0.435 e. The Morgan fingerprint density at radius 2 is 2.14 bits per heavy atom. The van der Waals surface area contributed by atoms with E-state index in [1.54, 1.807) is 12.1 Å². The first-order chi connectivity index (χ1) is 6.69. The number of hydrogen-bond acceptors (Lipinski definition) is 2. The number of benzene rings is 1. The number of hydrogen-bond donors (Lipinski definition) is 1. The highest BCUT2D eigenvalue weighted by atomic mass is 19.3. The zero-order valence-corrected chi connectivity index (χ0v) is 7.84. The SMILES string of the molecule is CCc1c(CO)cccc1OC(F)F. The van der Waals surface area contributed by atoms with Gasteiger partial charge in [0.2, 0.25) is 0 Å². The average molecular weight is 202 g/mol. The summed E-state index contributed by atoms with van der Waals surface area (Å²) in [5, 5.41) is 8.97. The van der Waals surface area contributed by atoms with E-state index in [0.717, 1.165) is 0 Å². The van der Waals surface area contributed by atoms with E-state index in [9.17, 15) is 8.78 Å². The fourth-order valence-electron chi connectivity index (χ4n) is 1.37. The van der Waals surface area contributed by atoms with Gasteiger partial charge in [0.05, 0.1) is 6.61 Å².